The number of amides is 1. The lowest BCUT2D eigenvalue weighted by Gasteiger charge is -2.22. The van der Waals surface area contributed by atoms with Gasteiger partial charge in [-0.25, -0.2) is 13.8 Å². The Morgan fingerprint density at radius 3 is 2.68 bits per heavy atom. The van der Waals surface area contributed by atoms with Crippen LogP contribution >= 0.6 is 23.1 Å². The molecule has 0 atom stereocenters. The van der Waals surface area contributed by atoms with Crippen LogP contribution < -0.4 is 4.90 Å². The molecule has 0 fully saturated rings. The van der Waals surface area contributed by atoms with Gasteiger partial charge in [0.1, 0.15) is 17.9 Å². The van der Waals surface area contributed by atoms with Crippen molar-refractivity contribution in [2.75, 3.05) is 10.7 Å². The highest BCUT2D eigenvalue weighted by Crippen LogP contribution is 2.26. The number of hydrogen-bond donors (Lipinski definition) is 0. The molecule has 4 rings (SSSR count). The monoisotopic (exact) mass is 456 g/mol. The van der Waals surface area contributed by atoms with Crippen LogP contribution in [0.15, 0.2) is 76.7 Å². The summed E-state index contributed by atoms with van der Waals surface area (Å²) in [4.78, 5) is 19.6. The Hall–Kier alpha value is -2.97. The van der Waals surface area contributed by atoms with Crippen molar-refractivity contribution in [1.29, 1.82) is 0 Å². The van der Waals surface area contributed by atoms with Crippen molar-refractivity contribution in [2.45, 2.75) is 12.3 Å². The first-order chi connectivity index (χ1) is 15.1. The van der Waals surface area contributed by atoms with E-state index in [1.165, 1.54) is 34.1 Å². The summed E-state index contributed by atoms with van der Waals surface area (Å²) in [7, 11) is 0. The largest absolute Gasteiger partial charge is 0.444 e. The molecule has 4 nitrogen and oxygen atoms in total. The van der Waals surface area contributed by atoms with Crippen molar-refractivity contribution in [3.8, 4) is 11.5 Å². The van der Waals surface area contributed by atoms with Gasteiger partial charge in [-0.05, 0) is 35.7 Å². The molecule has 0 aliphatic carbocycles. The van der Waals surface area contributed by atoms with Crippen molar-refractivity contribution < 1.29 is 18.0 Å². The lowest BCUT2D eigenvalue weighted by molar-refractivity contribution is -0.116. The van der Waals surface area contributed by atoms with Crippen LogP contribution in [0.1, 0.15) is 10.6 Å². The number of thioether (sulfide) groups is 1. The molecule has 4 aromatic rings. The molecule has 2 aromatic heterocycles. The topological polar surface area (TPSA) is 46.3 Å². The predicted octanol–water partition coefficient (Wildman–Crippen LogP) is 6.15. The minimum atomic E-state index is -0.765. The third kappa shape index (κ3) is 5.39. The lowest BCUT2D eigenvalue weighted by Crippen LogP contribution is -2.32. The normalized spacial score (nSPS) is 10.9. The molecule has 2 heterocycles. The van der Waals surface area contributed by atoms with Gasteiger partial charge in [-0.1, -0.05) is 24.3 Å². The minimum absolute atomic E-state index is 0.0631. The van der Waals surface area contributed by atoms with Crippen LogP contribution in [0.2, 0.25) is 0 Å². The summed E-state index contributed by atoms with van der Waals surface area (Å²) in [6, 6.07) is 16.5. The summed E-state index contributed by atoms with van der Waals surface area (Å²) in [6.45, 7) is 0.224. The van der Waals surface area contributed by atoms with Crippen molar-refractivity contribution in [2.24, 2.45) is 0 Å². The summed E-state index contributed by atoms with van der Waals surface area (Å²) in [5.41, 5.74) is 1.66. The van der Waals surface area contributed by atoms with E-state index >= 15 is 0 Å². The molecule has 158 valence electrons. The minimum Gasteiger partial charge on any atom is -0.444 e. The smallest absolute Gasteiger partial charge is 0.237 e. The average molecular weight is 457 g/mol. The van der Waals surface area contributed by atoms with Crippen LogP contribution in [0.25, 0.3) is 11.5 Å². The summed E-state index contributed by atoms with van der Waals surface area (Å²) in [5.74, 6) is -0.597. The summed E-state index contributed by atoms with van der Waals surface area (Å²) in [6.07, 6.45) is 1.57. The molecule has 0 saturated heterocycles. The zero-order valence-electron chi connectivity index (χ0n) is 16.3. The second-order valence-electron chi connectivity index (χ2n) is 6.66. The molecule has 0 saturated carbocycles. The number of rotatable bonds is 8. The van der Waals surface area contributed by atoms with E-state index in [0.717, 1.165) is 28.3 Å². The van der Waals surface area contributed by atoms with E-state index in [-0.39, 0.29) is 23.9 Å². The first kappa shape index (κ1) is 21.3. The van der Waals surface area contributed by atoms with E-state index in [1.807, 2.05) is 47.8 Å². The number of anilines is 1. The van der Waals surface area contributed by atoms with E-state index in [9.17, 15) is 13.6 Å². The maximum Gasteiger partial charge on any atom is 0.237 e. The Morgan fingerprint density at radius 1 is 1.10 bits per heavy atom. The van der Waals surface area contributed by atoms with Crippen molar-refractivity contribution >= 4 is 34.7 Å². The fourth-order valence-corrected chi connectivity index (χ4v) is 4.44. The highest BCUT2D eigenvalue weighted by molar-refractivity contribution is 7.99. The predicted molar refractivity (Wildman–Crippen MR) is 120 cm³/mol. The Bertz CT molecular complexity index is 1150. The number of carbonyl (C=O) groups is 1. The molecule has 0 aliphatic rings. The standard InChI is InChI=1S/C23H18F2N2O2S2/c24-17-8-9-21(20(25)11-17)27(12-19-7-4-10-31-19)22(28)15-30-14-18-13-29-23(26-18)16-5-2-1-3-6-16/h1-11,13H,12,14-15H2. The van der Waals surface area contributed by atoms with Crippen molar-refractivity contribution in [3.63, 3.8) is 0 Å². The number of halogens is 2. The van der Waals surface area contributed by atoms with Crippen LogP contribution in [0.5, 0.6) is 0 Å². The number of carbonyl (C=O) groups excluding carboxylic acids is 1. The third-order valence-corrected chi connectivity index (χ3v) is 6.26. The van der Waals surface area contributed by atoms with E-state index in [1.54, 1.807) is 6.26 Å². The lowest BCUT2D eigenvalue weighted by atomic mass is 10.2. The Balaban J connectivity index is 1.42. The Morgan fingerprint density at radius 2 is 1.94 bits per heavy atom. The van der Waals surface area contributed by atoms with Crippen LogP contribution in [0.4, 0.5) is 14.5 Å². The highest BCUT2D eigenvalue weighted by atomic mass is 32.2. The number of oxazole rings is 1. The molecule has 31 heavy (non-hydrogen) atoms. The van der Waals surface area contributed by atoms with Gasteiger partial charge >= 0.3 is 0 Å². The second-order valence-corrected chi connectivity index (χ2v) is 8.68. The van der Waals surface area contributed by atoms with Crippen LogP contribution in [0, 0.1) is 11.6 Å². The summed E-state index contributed by atoms with van der Waals surface area (Å²) < 4.78 is 33.2. The quantitative estimate of drug-likeness (QED) is 0.319. The molecule has 0 unspecified atom stereocenters. The summed E-state index contributed by atoms with van der Waals surface area (Å²) in [5, 5.41) is 1.89. The average Bonchev–Trinajstić information content (AvgIpc) is 3.45. The van der Waals surface area contributed by atoms with E-state index in [2.05, 4.69) is 4.98 Å². The Kier molecular flexibility index (Phi) is 6.79. The molecule has 0 spiro atoms. The van der Waals surface area contributed by atoms with Gasteiger partial charge in [-0.15, -0.1) is 23.1 Å². The Labute approximate surface area is 186 Å². The molecule has 1 amide bonds. The number of hydrogen-bond acceptors (Lipinski definition) is 5. The zero-order chi connectivity index (χ0) is 21.6. The van der Waals surface area contributed by atoms with E-state index in [4.69, 9.17) is 4.42 Å². The molecule has 2 aromatic carbocycles. The van der Waals surface area contributed by atoms with Gasteiger partial charge in [0, 0.05) is 22.3 Å². The van der Waals surface area contributed by atoms with Gasteiger partial charge in [0.05, 0.1) is 23.7 Å². The van der Waals surface area contributed by atoms with Gasteiger partial charge in [0.2, 0.25) is 11.8 Å². The first-order valence-electron chi connectivity index (χ1n) is 9.45. The van der Waals surface area contributed by atoms with E-state index < -0.39 is 11.6 Å². The van der Waals surface area contributed by atoms with Crippen molar-refractivity contribution in [1.82, 2.24) is 4.98 Å². The van der Waals surface area contributed by atoms with Crippen LogP contribution in [-0.2, 0) is 17.1 Å². The van der Waals surface area contributed by atoms with Crippen LogP contribution in [0.3, 0.4) is 0 Å². The first-order valence-corrected chi connectivity index (χ1v) is 11.5. The van der Waals surface area contributed by atoms with Gasteiger partial charge < -0.3 is 9.32 Å². The number of benzene rings is 2. The number of nitrogens with zero attached hydrogens (tertiary/aromatic N) is 2. The molecule has 0 bridgehead atoms. The molecule has 0 radical (unpaired) electrons. The van der Waals surface area contributed by atoms with Crippen molar-refractivity contribution in [3.05, 3.63) is 94.5 Å². The maximum absolute atomic E-state index is 14.4. The van der Waals surface area contributed by atoms with Crippen LogP contribution in [-0.4, -0.2) is 16.6 Å². The third-order valence-electron chi connectivity index (χ3n) is 4.44. The fraction of sp³-hybridized carbons (Fsp3) is 0.130. The second kappa shape index (κ2) is 9.89. The maximum atomic E-state index is 14.4. The fourth-order valence-electron chi connectivity index (χ4n) is 2.97. The molecule has 0 aliphatic heterocycles. The number of thiophene rings is 1. The van der Waals surface area contributed by atoms with Gasteiger partial charge in [0.25, 0.3) is 0 Å². The molecule has 8 heteroatoms. The molecular weight excluding hydrogens is 438 g/mol. The summed E-state index contributed by atoms with van der Waals surface area (Å²) >= 11 is 2.83. The van der Waals surface area contributed by atoms with Gasteiger partial charge in [-0.2, -0.15) is 0 Å². The SMILES string of the molecule is O=C(CSCc1coc(-c2ccccc2)n1)N(Cc1cccs1)c1ccc(F)cc1F. The highest BCUT2D eigenvalue weighted by Gasteiger charge is 2.21. The number of aromatic nitrogens is 1. The van der Waals surface area contributed by atoms with Gasteiger partial charge in [-0.3, -0.25) is 4.79 Å². The van der Waals surface area contributed by atoms with E-state index in [0.29, 0.717) is 11.6 Å². The zero-order valence-corrected chi connectivity index (χ0v) is 18.0. The molecule has 0 N–H and O–H groups in total. The molecular formula is C23H18F2N2O2S2. The van der Waals surface area contributed by atoms with Gasteiger partial charge in [0.15, 0.2) is 0 Å².